The molecule has 198 valence electrons. The van der Waals surface area contributed by atoms with E-state index in [0.29, 0.717) is 34.3 Å². The van der Waals surface area contributed by atoms with Crippen molar-refractivity contribution in [1.29, 1.82) is 5.26 Å². The van der Waals surface area contributed by atoms with E-state index in [1.807, 2.05) is 13.0 Å². The van der Waals surface area contributed by atoms with Crippen molar-refractivity contribution in [2.75, 3.05) is 41.7 Å². The molecule has 0 radical (unpaired) electrons. The van der Waals surface area contributed by atoms with Crippen molar-refractivity contribution in [1.82, 2.24) is 15.3 Å². The lowest BCUT2D eigenvalue weighted by atomic mass is 10.1. The molecule has 2 heterocycles. The van der Waals surface area contributed by atoms with Crippen LogP contribution in [0.4, 0.5) is 33.2 Å². The average Bonchev–Trinajstić information content (AvgIpc) is 2.96. The first-order valence-corrected chi connectivity index (χ1v) is 12.8. The second-order valence-corrected chi connectivity index (χ2v) is 9.38. The predicted octanol–water partition coefficient (Wildman–Crippen LogP) is 5.58. The highest BCUT2D eigenvalue weighted by Gasteiger charge is 2.15. The number of aromatic nitrogens is 2. The third-order valence-electron chi connectivity index (χ3n) is 6.64. The second-order valence-electron chi connectivity index (χ2n) is 9.38. The molecular formula is C30H30FN7O. The Labute approximate surface area is 227 Å². The second kappa shape index (κ2) is 11.8. The van der Waals surface area contributed by atoms with Crippen molar-refractivity contribution in [3.8, 4) is 11.8 Å². The van der Waals surface area contributed by atoms with Gasteiger partial charge in [0.2, 0.25) is 5.95 Å². The highest BCUT2D eigenvalue weighted by molar-refractivity contribution is 5.71. The van der Waals surface area contributed by atoms with Gasteiger partial charge in [-0.15, -0.1) is 0 Å². The number of hydrogen-bond donors (Lipinski definition) is 3. The number of ether oxygens (including phenoxy) is 1. The Morgan fingerprint density at radius 1 is 1.00 bits per heavy atom. The van der Waals surface area contributed by atoms with Crippen molar-refractivity contribution in [3.05, 3.63) is 94.9 Å². The van der Waals surface area contributed by atoms with E-state index >= 15 is 0 Å². The van der Waals surface area contributed by atoms with Gasteiger partial charge in [0.05, 0.1) is 5.69 Å². The van der Waals surface area contributed by atoms with Gasteiger partial charge in [-0.1, -0.05) is 24.3 Å². The predicted molar refractivity (Wildman–Crippen MR) is 151 cm³/mol. The zero-order chi connectivity index (χ0) is 27.2. The monoisotopic (exact) mass is 523 g/mol. The number of benzene rings is 3. The van der Waals surface area contributed by atoms with E-state index in [9.17, 15) is 9.65 Å². The molecule has 1 aliphatic heterocycles. The van der Waals surface area contributed by atoms with E-state index in [-0.39, 0.29) is 12.4 Å². The van der Waals surface area contributed by atoms with E-state index in [4.69, 9.17) is 4.74 Å². The molecule has 1 aromatic heterocycles. The molecule has 0 atom stereocenters. The van der Waals surface area contributed by atoms with Crippen LogP contribution in [0, 0.1) is 31.0 Å². The molecule has 39 heavy (non-hydrogen) atoms. The van der Waals surface area contributed by atoms with Crippen LogP contribution >= 0.6 is 0 Å². The zero-order valence-electron chi connectivity index (χ0n) is 22.0. The van der Waals surface area contributed by atoms with Gasteiger partial charge in [0.25, 0.3) is 0 Å². The smallest absolute Gasteiger partial charge is 0.229 e. The van der Waals surface area contributed by atoms with Crippen LogP contribution in [0.1, 0.15) is 22.3 Å². The fourth-order valence-electron chi connectivity index (χ4n) is 4.43. The summed E-state index contributed by atoms with van der Waals surface area (Å²) in [4.78, 5) is 11.5. The Morgan fingerprint density at radius 2 is 1.82 bits per heavy atom. The number of nitrogens with zero attached hydrogens (tertiary/aromatic N) is 4. The average molecular weight is 524 g/mol. The van der Waals surface area contributed by atoms with Gasteiger partial charge in [-0.2, -0.15) is 10.2 Å². The molecule has 0 unspecified atom stereocenters. The maximum atomic E-state index is 14.0. The fourth-order valence-corrected chi connectivity index (χ4v) is 4.43. The molecule has 0 spiro atoms. The van der Waals surface area contributed by atoms with Gasteiger partial charge in [-0.05, 0) is 55.8 Å². The summed E-state index contributed by atoms with van der Waals surface area (Å²) in [6.45, 7) is 7.92. The lowest BCUT2D eigenvalue weighted by Crippen LogP contribution is -2.43. The third-order valence-corrected chi connectivity index (χ3v) is 6.64. The van der Waals surface area contributed by atoms with Crippen molar-refractivity contribution in [3.63, 3.8) is 0 Å². The molecule has 3 aromatic carbocycles. The Morgan fingerprint density at radius 3 is 2.59 bits per heavy atom. The summed E-state index contributed by atoms with van der Waals surface area (Å²) in [5.41, 5.74) is 5.29. The standard InChI is InChI=1S/C30H30FN7O/c1-20-16-23(38-14-12-33-13-15-38)10-11-26(20)36-30-34-18-21(2)29(37-30)35-27-8-5-9-28(24(27)17-32)39-19-22-6-3-4-7-25(22)31/h3-11,16,18,33H,12-15,19H2,1-2H3,(H2,34,35,36,37). The largest absolute Gasteiger partial charge is 0.487 e. The maximum Gasteiger partial charge on any atom is 0.229 e. The van der Waals surface area contributed by atoms with E-state index in [1.165, 1.54) is 11.8 Å². The van der Waals surface area contributed by atoms with Crippen LogP contribution in [-0.4, -0.2) is 36.1 Å². The maximum absolute atomic E-state index is 14.0. The molecule has 0 saturated carbocycles. The van der Waals surface area contributed by atoms with Crippen LogP contribution in [0.2, 0.25) is 0 Å². The number of nitriles is 1. The van der Waals surface area contributed by atoms with Crippen LogP contribution in [0.25, 0.3) is 0 Å². The van der Waals surface area contributed by atoms with Crippen molar-refractivity contribution in [2.24, 2.45) is 0 Å². The Bertz CT molecular complexity index is 1510. The number of piperazine rings is 1. The molecule has 3 N–H and O–H groups in total. The lowest BCUT2D eigenvalue weighted by molar-refractivity contribution is 0.299. The number of halogens is 1. The molecule has 1 saturated heterocycles. The molecule has 5 rings (SSSR count). The van der Waals surface area contributed by atoms with E-state index in [0.717, 1.165) is 43.0 Å². The summed E-state index contributed by atoms with van der Waals surface area (Å²) >= 11 is 0. The molecule has 9 heteroatoms. The summed E-state index contributed by atoms with van der Waals surface area (Å²) in [5, 5.41) is 19.9. The minimum atomic E-state index is -0.351. The van der Waals surface area contributed by atoms with Gasteiger partial charge in [-0.25, -0.2) is 9.37 Å². The van der Waals surface area contributed by atoms with Gasteiger partial charge in [-0.3, -0.25) is 0 Å². The summed E-state index contributed by atoms with van der Waals surface area (Å²) in [6.07, 6.45) is 1.73. The fraction of sp³-hybridized carbons (Fsp3) is 0.233. The Balaban J connectivity index is 1.33. The Kier molecular flexibility index (Phi) is 7.85. The Hall–Kier alpha value is -4.68. The lowest BCUT2D eigenvalue weighted by Gasteiger charge is -2.30. The summed E-state index contributed by atoms with van der Waals surface area (Å²) in [7, 11) is 0. The van der Waals surface area contributed by atoms with Gasteiger partial charge in [0.1, 0.15) is 35.6 Å². The summed E-state index contributed by atoms with van der Waals surface area (Å²) in [6, 6.07) is 20.2. The van der Waals surface area contributed by atoms with Crippen molar-refractivity contribution >= 4 is 28.8 Å². The minimum Gasteiger partial charge on any atom is -0.487 e. The van der Waals surface area contributed by atoms with Crippen molar-refractivity contribution in [2.45, 2.75) is 20.5 Å². The highest BCUT2D eigenvalue weighted by atomic mass is 19.1. The number of rotatable bonds is 8. The van der Waals surface area contributed by atoms with Gasteiger partial charge in [0.15, 0.2) is 0 Å². The minimum absolute atomic E-state index is 0.0121. The number of aryl methyl sites for hydroxylation is 2. The number of anilines is 5. The molecule has 8 nitrogen and oxygen atoms in total. The van der Waals surface area contributed by atoms with Crippen molar-refractivity contribution < 1.29 is 9.13 Å². The van der Waals surface area contributed by atoms with Crippen LogP contribution in [0.5, 0.6) is 5.75 Å². The molecule has 4 aromatic rings. The topological polar surface area (TPSA) is 98.1 Å². The van der Waals surface area contributed by atoms with Crippen LogP contribution < -0.4 is 25.6 Å². The van der Waals surface area contributed by atoms with E-state index < -0.39 is 0 Å². The van der Waals surface area contributed by atoms with E-state index in [1.54, 1.807) is 42.6 Å². The molecule has 0 bridgehead atoms. The SMILES string of the molecule is Cc1cc(N2CCNCC2)ccc1Nc1ncc(C)c(Nc2cccc(OCc3ccccc3F)c2C#N)n1. The molecule has 0 amide bonds. The van der Waals surface area contributed by atoms with E-state index in [2.05, 4.69) is 55.9 Å². The van der Waals surface area contributed by atoms with Crippen LogP contribution in [0.15, 0.2) is 66.9 Å². The first-order valence-electron chi connectivity index (χ1n) is 12.8. The summed E-state index contributed by atoms with van der Waals surface area (Å²) < 4.78 is 19.8. The molecule has 1 fully saturated rings. The van der Waals surface area contributed by atoms with Gasteiger partial charge >= 0.3 is 0 Å². The zero-order valence-corrected chi connectivity index (χ0v) is 22.0. The first kappa shape index (κ1) is 25.9. The molecule has 1 aliphatic rings. The van der Waals surface area contributed by atoms with Crippen LogP contribution in [0.3, 0.4) is 0 Å². The highest BCUT2D eigenvalue weighted by Crippen LogP contribution is 2.31. The van der Waals surface area contributed by atoms with Gasteiger partial charge < -0.3 is 25.6 Å². The first-order chi connectivity index (χ1) is 19.0. The molecule has 0 aliphatic carbocycles. The van der Waals surface area contributed by atoms with Gasteiger partial charge in [0, 0.05) is 54.9 Å². The molecular weight excluding hydrogens is 493 g/mol. The normalized spacial score (nSPS) is 13.0. The number of hydrogen-bond acceptors (Lipinski definition) is 8. The third kappa shape index (κ3) is 6.08. The number of nitrogens with one attached hydrogen (secondary N) is 3. The quantitative estimate of drug-likeness (QED) is 0.275. The summed E-state index contributed by atoms with van der Waals surface area (Å²) in [5.74, 6) is 1.00. The van der Waals surface area contributed by atoms with Crippen LogP contribution in [-0.2, 0) is 6.61 Å².